The highest BCUT2D eigenvalue weighted by Gasteiger charge is 2.10. The van der Waals surface area contributed by atoms with Gasteiger partial charge in [-0.15, -0.1) is 11.3 Å². The summed E-state index contributed by atoms with van der Waals surface area (Å²) >= 11 is 10.9. The molecule has 0 aromatic carbocycles. The van der Waals surface area contributed by atoms with Crippen molar-refractivity contribution >= 4 is 38.9 Å². The van der Waals surface area contributed by atoms with Crippen LogP contribution in [0.5, 0.6) is 0 Å². The summed E-state index contributed by atoms with van der Waals surface area (Å²) in [6.07, 6.45) is 1.02. The maximum Gasteiger partial charge on any atom is 0.107 e. The summed E-state index contributed by atoms with van der Waals surface area (Å²) in [5.74, 6) is 0.517. The Morgan fingerprint density at radius 3 is 2.83 bits per heavy atom. The third-order valence-corrected chi connectivity index (χ3v) is 4.46. The van der Waals surface area contributed by atoms with E-state index in [9.17, 15) is 0 Å². The molecule has 0 bridgehead atoms. The lowest BCUT2D eigenvalue weighted by atomic mass is 10.1. The maximum atomic E-state index is 5.91. The summed E-state index contributed by atoms with van der Waals surface area (Å²) in [5.41, 5.74) is 5.47. The van der Waals surface area contributed by atoms with Crippen molar-refractivity contribution in [2.75, 3.05) is 6.54 Å². The van der Waals surface area contributed by atoms with Gasteiger partial charge in [0.25, 0.3) is 0 Å². The molecule has 1 nitrogen and oxygen atoms in total. The Bertz CT molecular complexity index is 242. The third-order valence-electron chi connectivity index (χ3n) is 1.75. The van der Waals surface area contributed by atoms with Gasteiger partial charge in [0.2, 0.25) is 0 Å². The Morgan fingerprint density at radius 2 is 2.42 bits per heavy atom. The van der Waals surface area contributed by atoms with Gasteiger partial charge in [0.1, 0.15) is 4.34 Å². The average molecular weight is 269 g/mol. The fourth-order valence-electron chi connectivity index (χ4n) is 0.998. The number of hydrogen-bond acceptors (Lipinski definition) is 2. The number of rotatable bonds is 3. The molecular formula is C8H11BrClNS. The minimum absolute atomic E-state index is 0.517. The third kappa shape index (κ3) is 2.46. The summed E-state index contributed by atoms with van der Waals surface area (Å²) in [5, 5.41) is 0. The fourth-order valence-corrected chi connectivity index (χ4v) is 2.82. The van der Waals surface area contributed by atoms with Crippen molar-refractivity contribution in [3.05, 3.63) is 19.8 Å². The van der Waals surface area contributed by atoms with E-state index in [1.165, 1.54) is 4.88 Å². The molecule has 1 rings (SSSR count). The Labute approximate surface area is 90.0 Å². The predicted molar refractivity (Wildman–Crippen MR) is 59.1 cm³/mol. The van der Waals surface area contributed by atoms with E-state index in [1.807, 2.05) is 0 Å². The van der Waals surface area contributed by atoms with Crippen LogP contribution in [0.15, 0.2) is 10.5 Å². The van der Waals surface area contributed by atoms with Crippen molar-refractivity contribution in [3.63, 3.8) is 0 Å². The normalized spacial score (nSPS) is 13.3. The molecular weight excluding hydrogens is 258 g/mol. The smallest absolute Gasteiger partial charge is 0.107 e. The molecule has 1 atom stereocenters. The molecule has 1 heterocycles. The van der Waals surface area contributed by atoms with Crippen LogP contribution in [0.2, 0.25) is 4.34 Å². The summed E-state index contributed by atoms with van der Waals surface area (Å²) < 4.78 is 1.82. The second-order valence-corrected chi connectivity index (χ2v) is 5.29. The molecule has 0 aliphatic rings. The highest BCUT2D eigenvalue weighted by molar-refractivity contribution is 9.10. The van der Waals surface area contributed by atoms with Gasteiger partial charge in [-0.2, -0.15) is 0 Å². The van der Waals surface area contributed by atoms with Crippen molar-refractivity contribution in [3.8, 4) is 0 Å². The summed E-state index contributed by atoms with van der Waals surface area (Å²) in [7, 11) is 0. The maximum absolute atomic E-state index is 5.91. The van der Waals surface area contributed by atoms with E-state index < -0.39 is 0 Å². The Balaban J connectivity index is 2.74. The molecule has 68 valence electrons. The van der Waals surface area contributed by atoms with E-state index in [2.05, 4.69) is 28.9 Å². The second kappa shape index (κ2) is 4.61. The number of thiophene rings is 1. The molecule has 0 spiro atoms. The van der Waals surface area contributed by atoms with Gasteiger partial charge >= 0.3 is 0 Å². The molecule has 1 aromatic heterocycles. The van der Waals surface area contributed by atoms with E-state index >= 15 is 0 Å². The molecule has 0 radical (unpaired) electrons. The molecule has 0 fully saturated rings. The van der Waals surface area contributed by atoms with Crippen molar-refractivity contribution in [2.45, 2.75) is 19.3 Å². The minimum atomic E-state index is 0.517. The van der Waals surface area contributed by atoms with Crippen molar-refractivity contribution in [1.29, 1.82) is 0 Å². The number of nitrogens with two attached hydrogens (primary N) is 1. The SMILES string of the molecule is CC(CCN)c1cc(Br)c(Cl)s1. The standard InChI is InChI=1S/C8H11BrClNS/c1-5(2-3-11)7-4-6(9)8(10)12-7/h4-5H,2-3,11H2,1H3. The van der Waals surface area contributed by atoms with E-state index in [-0.39, 0.29) is 0 Å². The second-order valence-electron chi connectivity index (χ2n) is 2.75. The monoisotopic (exact) mass is 267 g/mol. The van der Waals surface area contributed by atoms with E-state index in [0.717, 1.165) is 21.8 Å². The summed E-state index contributed by atoms with van der Waals surface area (Å²) in [4.78, 5) is 1.30. The first-order valence-electron chi connectivity index (χ1n) is 3.80. The highest BCUT2D eigenvalue weighted by Crippen LogP contribution is 2.36. The Morgan fingerprint density at radius 1 is 1.75 bits per heavy atom. The van der Waals surface area contributed by atoms with Crippen LogP contribution in [-0.2, 0) is 0 Å². The zero-order valence-corrected chi connectivity index (χ0v) is 9.97. The van der Waals surface area contributed by atoms with Gasteiger partial charge in [-0.3, -0.25) is 0 Å². The largest absolute Gasteiger partial charge is 0.330 e. The molecule has 0 saturated heterocycles. The van der Waals surface area contributed by atoms with Gasteiger partial charge in [-0.1, -0.05) is 18.5 Å². The van der Waals surface area contributed by atoms with Crippen LogP contribution in [0.3, 0.4) is 0 Å². The Kier molecular flexibility index (Phi) is 4.03. The summed E-state index contributed by atoms with van der Waals surface area (Å²) in [6, 6.07) is 2.08. The molecule has 0 amide bonds. The first-order valence-corrected chi connectivity index (χ1v) is 5.78. The van der Waals surface area contributed by atoms with Crippen molar-refractivity contribution < 1.29 is 0 Å². The molecule has 0 aliphatic carbocycles. The van der Waals surface area contributed by atoms with Crippen LogP contribution < -0.4 is 5.73 Å². The van der Waals surface area contributed by atoms with Gasteiger partial charge in [-0.05, 0) is 40.9 Å². The first kappa shape index (κ1) is 10.5. The van der Waals surface area contributed by atoms with Crippen LogP contribution in [-0.4, -0.2) is 6.54 Å². The topological polar surface area (TPSA) is 26.0 Å². The van der Waals surface area contributed by atoms with Crippen LogP contribution in [0.25, 0.3) is 0 Å². The average Bonchev–Trinajstić information content (AvgIpc) is 2.33. The fraction of sp³-hybridized carbons (Fsp3) is 0.500. The molecule has 0 aliphatic heterocycles. The van der Waals surface area contributed by atoms with Gasteiger partial charge < -0.3 is 5.73 Å². The van der Waals surface area contributed by atoms with E-state index in [0.29, 0.717) is 5.92 Å². The minimum Gasteiger partial charge on any atom is -0.330 e. The molecule has 12 heavy (non-hydrogen) atoms. The van der Waals surface area contributed by atoms with Crippen LogP contribution >= 0.6 is 38.9 Å². The van der Waals surface area contributed by atoms with Crippen molar-refractivity contribution in [1.82, 2.24) is 0 Å². The molecule has 1 unspecified atom stereocenters. The first-order chi connectivity index (χ1) is 5.65. The highest BCUT2D eigenvalue weighted by atomic mass is 79.9. The van der Waals surface area contributed by atoms with Crippen LogP contribution in [0.1, 0.15) is 24.1 Å². The van der Waals surface area contributed by atoms with Gasteiger partial charge in [0, 0.05) is 9.35 Å². The number of hydrogen-bond donors (Lipinski definition) is 1. The zero-order chi connectivity index (χ0) is 9.14. The molecule has 4 heteroatoms. The molecule has 0 saturated carbocycles. The van der Waals surface area contributed by atoms with Crippen LogP contribution in [0.4, 0.5) is 0 Å². The van der Waals surface area contributed by atoms with Gasteiger partial charge in [0.15, 0.2) is 0 Å². The summed E-state index contributed by atoms with van der Waals surface area (Å²) in [6.45, 7) is 2.90. The predicted octanol–water partition coefficient (Wildman–Crippen LogP) is 3.62. The molecule has 2 N–H and O–H groups in total. The lowest BCUT2D eigenvalue weighted by Gasteiger charge is -2.05. The number of halogens is 2. The quantitative estimate of drug-likeness (QED) is 0.890. The van der Waals surface area contributed by atoms with Crippen LogP contribution in [0, 0.1) is 0 Å². The lowest BCUT2D eigenvalue weighted by molar-refractivity contribution is 0.701. The Hall–Kier alpha value is 0.430. The van der Waals surface area contributed by atoms with E-state index in [1.54, 1.807) is 11.3 Å². The van der Waals surface area contributed by atoms with E-state index in [4.69, 9.17) is 17.3 Å². The van der Waals surface area contributed by atoms with Crippen molar-refractivity contribution in [2.24, 2.45) is 5.73 Å². The lowest BCUT2D eigenvalue weighted by Crippen LogP contribution is -2.03. The van der Waals surface area contributed by atoms with Gasteiger partial charge in [0.05, 0.1) is 0 Å². The zero-order valence-electron chi connectivity index (χ0n) is 6.81. The molecule has 1 aromatic rings. The van der Waals surface area contributed by atoms with Gasteiger partial charge in [-0.25, -0.2) is 0 Å².